The zero-order valence-corrected chi connectivity index (χ0v) is 34.1. The number of ether oxygens (including phenoxy) is 2. The first kappa shape index (κ1) is 45.0. The molecule has 3 nitrogen and oxygen atoms in total. The highest BCUT2D eigenvalue weighted by Crippen LogP contribution is 2.53. The van der Waals surface area contributed by atoms with Crippen molar-refractivity contribution in [2.45, 2.75) is 218 Å². The van der Waals surface area contributed by atoms with Crippen LogP contribution in [0.15, 0.2) is 48.6 Å². The Labute approximate surface area is 313 Å². The fraction of sp³-hybridized carbons (Fsp3) is 0.830. The van der Waals surface area contributed by atoms with Crippen molar-refractivity contribution in [1.82, 2.24) is 4.90 Å². The van der Waals surface area contributed by atoms with Crippen molar-refractivity contribution in [2.24, 2.45) is 5.41 Å². The van der Waals surface area contributed by atoms with Gasteiger partial charge in [0.2, 0.25) is 0 Å². The molecule has 2 fully saturated rings. The Hall–Kier alpha value is -1.16. The minimum Gasteiger partial charge on any atom is -0.353 e. The van der Waals surface area contributed by atoms with E-state index in [1.807, 2.05) is 7.11 Å². The number of unbranched alkanes of at least 4 members (excludes halogenated alkanes) is 18. The smallest absolute Gasteiger partial charge is 0.168 e. The van der Waals surface area contributed by atoms with Crippen molar-refractivity contribution < 1.29 is 9.47 Å². The molecule has 2 rings (SSSR count). The summed E-state index contributed by atoms with van der Waals surface area (Å²) in [5, 5.41) is 0. The monoisotopic (exact) mass is 696 g/mol. The van der Waals surface area contributed by atoms with Gasteiger partial charge in [0.1, 0.15) is 0 Å². The number of likely N-dealkylation sites (tertiary alicyclic amines) is 1. The number of hydrogen-bond acceptors (Lipinski definition) is 3. The first-order chi connectivity index (χ1) is 24.6. The lowest BCUT2D eigenvalue weighted by Gasteiger charge is -2.35. The summed E-state index contributed by atoms with van der Waals surface area (Å²) in [6.07, 6.45) is 58.4. The van der Waals surface area contributed by atoms with E-state index >= 15 is 0 Å². The van der Waals surface area contributed by atoms with E-state index in [0.717, 1.165) is 45.2 Å². The van der Waals surface area contributed by atoms with Crippen LogP contribution in [0.25, 0.3) is 0 Å². The van der Waals surface area contributed by atoms with Gasteiger partial charge in [-0.25, -0.2) is 0 Å². The highest BCUT2D eigenvalue weighted by molar-refractivity contribution is 4.96. The van der Waals surface area contributed by atoms with E-state index in [4.69, 9.17) is 9.47 Å². The molecular weight excluding hydrogens is 611 g/mol. The van der Waals surface area contributed by atoms with Crippen LogP contribution >= 0.6 is 0 Å². The lowest BCUT2D eigenvalue weighted by Crippen LogP contribution is -2.38. The van der Waals surface area contributed by atoms with E-state index < -0.39 is 0 Å². The average molecular weight is 696 g/mol. The summed E-state index contributed by atoms with van der Waals surface area (Å²) >= 11 is 0. The van der Waals surface area contributed by atoms with Crippen molar-refractivity contribution >= 4 is 0 Å². The third-order valence-corrected chi connectivity index (χ3v) is 11.6. The summed E-state index contributed by atoms with van der Waals surface area (Å²) in [4.78, 5) is 2.41. The second kappa shape index (κ2) is 30.3. The number of rotatable bonds is 33. The molecule has 1 saturated carbocycles. The topological polar surface area (TPSA) is 21.7 Å². The van der Waals surface area contributed by atoms with Gasteiger partial charge in [-0.3, -0.25) is 0 Å². The highest BCUT2D eigenvalue weighted by Gasteiger charge is 2.50. The molecule has 3 heteroatoms. The van der Waals surface area contributed by atoms with Crippen LogP contribution in [-0.2, 0) is 9.47 Å². The summed E-state index contributed by atoms with van der Waals surface area (Å²) in [5.41, 5.74) is 0.408. The van der Waals surface area contributed by atoms with Crippen molar-refractivity contribution in [1.29, 1.82) is 0 Å². The van der Waals surface area contributed by atoms with Gasteiger partial charge in [-0.2, -0.15) is 0 Å². The molecule has 0 aromatic heterocycles. The molecule has 50 heavy (non-hydrogen) atoms. The summed E-state index contributed by atoms with van der Waals surface area (Å²) in [7, 11) is 4.13. The Bertz CT molecular complexity index is 842. The minimum atomic E-state index is -0.355. The maximum Gasteiger partial charge on any atom is 0.168 e. The molecule has 0 aromatic carbocycles. The maximum absolute atomic E-state index is 6.82. The molecule has 2 unspecified atom stereocenters. The predicted molar refractivity (Wildman–Crippen MR) is 221 cm³/mol. The van der Waals surface area contributed by atoms with Gasteiger partial charge in [0.15, 0.2) is 5.79 Å². The van der Waals surface area contributed by atoms with Crippen LogP contribution in [0.4, 0.5) is 0 Å². The fourth-order valence-electron chi connectivity index (χ4n) is 8.35. The predicted octanol–water partition coefficient (Wildman–Crippen LogP) is 14.6. The number of hydrogen-bond donors (Lipinski definition) is 0. The molecule has 2 aliphatic rings. The molecule has 0 amide bonds. The molecule has 1 saturated heterocycles. The van der Waals surface area contributed by atoms with Crippen LogP contribution in [0.3, 0.4) is 0 Å². The van der Waals surface area contributed by atoms with Crippen molar-refractivity contribution in [3.63, 3.8) is 0 Å². The summed E-state index contributed by atoms with van der Waals surface area (Å²) in [5.74, 6) is -0.355. The quantitative estimate of drug-likeness (QED) is 0.0387. The molecule has 0 N–H and O–H groups in total. The van der Waals surface area contributed by atoms with Crippen LogP contribution in [0.2, 0.25) is 0 Å². The van der Waals surface area contributed by atoms with Crippen molar-refractivity contribution in [3.05, 3.63) is 48.6 Å². The summed E-state index contributed by atoms with van der Waals surface area (Å²) in [6.45, 7) is 6.75. The third-order valence-electron chi connectivity index (χ3n) is 11.6. The van der Waals surface area contributed by atoms with Crippen LogP contribution in [0.1, 0.15) is 206 Å². The van der Waals surface area contributed by atoms with Crippen molar-refractivity contribution in [3.8, 4) is 0 Å². The number of allylic oxidation sites excluding steroid dienone is 8. The molecular formula is C47H85NO2. The Morgan fingerprint density at radius 2 is 1.00 bits per heavy atom. The third kappa shape index (κ3) is 22.0. The van der Waals surface area contributed by atoms with E-state index in [1.54, 1.807) is 0 Å². The molecule has 1 heterocycles. The first-order valence-corrected chi connectivity index (χ1v) is 22.1. The minimum absolute atomic E-state index is 0.333. The molecule has 1 aliphatic carbocycles. The van der Waals surface area contributed by atoms with Gasteiger partial charge in [0, 0.05) is 33.0 Å². The molecule has 2 atom stereocenters. The normalized spacial score (nSPS) is 21.4. The Kier molecular flexibility index (Phi) is 27.3. The van der Waals surface area contributed by atoms with Gasteiger partial charge in [0.05, 0.1) is 6.10 Å². The van der Waals surface area contributed by atoms with E-state index in [-0.39, 0.29) is 5.79 Å². The Morgan fingerprint density at radius 3 is 1.42 bits per heavy atom. The fourth-order valence-corrected chi connectivity index (χ4v) is 8.35. The second-order valence-corrected chi connectivity index (χ2v) is 16.3. The molecule has 290 valence electrons. The van der Waals surface area contributed by atoms with Gasteiger partial charge in [-0.15, -0.1) is 0 Å². The molecule has 1 aliphatic heterocycles. The first-order valence-electron chi connectivity index (χ1n) is 22.1. The lowest BCUT2D eigenvalue weighted by molar-refractivity contribution is -0.243. The molecule has 0 bridgehead atoms. The largest absolute Gasteiger partial charge is 0.353 e. The lowest BCUT2D eigenvalue weighted by atomic mass is 9.76. The van der Waals surface area contributed by atoms with Crippen LogP contribution in [0, 0.1) is 5.41 Å². The average Bonchev–Trinajstić information content (AvgIpc) is 3.70. The second-order valence-electron chi connectivity index (χ2n) is 16.3. The zero-order chi connectivity index (χ0) is 35.9. The SMILES string of the molecule is CCCCC/C=C\C/C=C\CCCCCCCCC1(CCCCCCCC/C=C\C/C=C\CCCCC)CCC(OC)(OC2CCN(C)C2)C1. The highest BCUT2D eigenvalue weighted by atomic mass is 16.7. The number of methoxy groups -OCH3 is 1. The van der Waals surface area contributed by atoms with E-state index in [1.165, 1.54) is 161 Å². The van der Waals surface area contributed by atoms with Crippen LogP contribution in [-0.4, -0.2) is 44.0 Å². The Morgan fingerprint density at radius 1 is 0.560 bits per heavy atom. The van der Waals surface area contributed by atoms with Gasteiger partial charge in [0.25, 0.3) is 0 Å². The van der Waals surface area contributed by atoms with Gasteiger partial charge in [-0.1, -0.05) is 152 Å². The van der Waals surface area contributed by atoms with Crippen LogP contribution < -0.4 is 0 Å². The molecule has 0 spiro atoms. The number of likely N-dealkylation sites (N-methyl/N-ethyl adjacent to an activating group) is 1. The Balaban J connectivity index is 1.64. The van der Waals surface area contributed by atoms with Crippen LogP contribution in [0.5, 0.6) is 0 Å². The van der Waals surface area contributed by atoms with E-state index in [9.17, 15) is 0 Å². The summed E-state index contributed by atoms with van der Waals surface area (Å²) in [6, 6.07) is 0. The van der Waals surface area contributed by atoms with E-state index in [0.29, 0.717) is 11.5 Å². The standard InChI is InChI=1S/C47H85NO2/c1-5-7-9-11-13-15-17-19-21-23-25-27-29-31-33-35-38-46(40-41-47(44-46,49-4)50-45-37-42-48(3)43-45)39-36-34-32-30-28-26-24-22-20-18-16-14-12-10-8-6-2/h13-16,19-22,45H,5-12,17-18,23-44H2,1-4H3/b15-13-,16-14-,21-19-,22-20-. The summed E-state index contributed by atoms with van der Waals surface area (Å²) < 4.78 is 13.1. The van der Waals surface area contributed by atoms with Gasteiger partial charge in [-0.05, 0) is 102 Å². The van der Waals surface area contributed by atoms with Gasteiger partial charge < -0.3 is 14.4 Å². The van der Waals surface area contributed by atoms with E-state index in [2.05, 4.69) is 74.4 Å². The zero-order valence-electron chi connectivity index (χ0n) is 34.1. The number of nitrogens with zero attached hydrogens (tertiary/aromatic N) is 1. The molecule has 0 aromatic rings. The maximum atomic E-state index is 6.82. The molecule has 0 radical (unpaired) electrons. The van der Waals surface area contributed by atoms with Crippen molar-refractivity contribution in [2.75, 3.05) is 27.2 Å². The van der Waals surface area contributed by atoms with Gasteiger partial charge >= 0.3 is 0 Å².